The van der Waals surface area contributed by atoms with Crippen molar-refractivity contribution in [3.63, 3.8) is 0 Å². The molecule has 1 aliphatic rings. The standard InChI is InChI=1S/C10H12BrN.ClH/c11-9-5-2-1-4-8(9)10-6-3-7-12-10;/h1-2,4-5,10,12H,3,6-7H2;1H/t10-;/m1./s1. The maximum absolute atomic E-state index is 3.57. The monoisotopic (exact) mass is 261 g/mol. The summed E-state index contributed by atoms with van der Waals surface area (Å²) in [7, 11) is 0. The molecule has 2 rings (SSSR count). The molecule has 0 radical (unpaired) electrons. The minimum Gasteiger partial charge on any atom is -0.310 e. The van der Waals surface area contributed by atoms with E-state index in [0.717, 1.165) is 6.54 Å². The van der Waals surface area contributed by atoms with Gasteiger partial charge in [0.2, 0.25) is 0 Å². The zero-order chi connectivity index (χ0) is 8.39. The highest BCUT2D eigenvalue weighted by molar-refractivity contribution is 9.10. The van der Waals surface area contributed by atoms with Gasteiger partial charge in [0.15, 0.2) is 0 Å². The van der Waals surface area contributed by atoms with Crippen LogP contribution in [0, 0.1) is 0 Å². The quantitative estimate of drug-likeness (QED) is 0.819. The van der Waals surface area contributed by atoms with Crippen LogP contribution in [0.2, 0.25) is 0 Å². The Labute approximate surface area is 93.5 Å². The summed E-state index contributed by atoms with van der Waals surface area (Å²) in [5, 5.41) is 3.48. The molecule has 72 valence electrons. The fourth-order valence-corrected chi connectivity index (χ4v) is 2.27. The first-order valence-corrected chi connectivity index (χ1v) is 5.15. The third-order valence-corrected chi connectivity index (χ3v) is 3.06. The van der Waals surface area contributed by atoms with Gasteiger partial charge < -0.3 is 5.32 Å². The van der Waals surface area contributed by atoms with E-state index in [1.54, 1.807) is 0 Å². The molecule has 13 heavy (non-hydrogen) atoms. The number of halogens is 2. The van der Waals surface area contributed by atoms with Crippen molar-refractivity contribution in [3.8, 4) is 0 Å². The normalized spacial score (nSPS) is 21.2. The Kier molecular flexibility index (Phi) is 4.23. The van der Waals surface area contributed by atoms with E-state index in [-0.39, 0.29) is 12.4 Å². The molecule has 1 saturated heterocycles. The van der Waals surface area contributed by atoms with Gasteiger partial charge in [-0.15, -0.1) is 12.4 Å². The van der Waals surface area contributed by atoms with Crippen LogP contribution in [0.3, 0.4) is 0 Å². The van der Waals surface area contributed by atoms with E-state index in [1.165, 1.54) is 22.9 Å². The van der Waals surface area contributed by atoms with Crippen LogP contribution in [0.1, 0.15) is 24.4 Å². The highest BCUT2D eigenvalue weighted by Gasteiger charge is 2.17. The van der Waals surface area contributed by atoms with E-state index < -0.39 is 0 Å². The first kappa shape index (κ1) is 11.0. The molecule has 0 aliphatic carbocycles. The van der Waals surface area contributed by atoms with Crippen LogP contribution in [0.5, 0.6) is 0 Å². The van der Waals surface area contributed by atoms with Crippen molar-refractivity contribution in [1.29, 1.82) is 0 Å². The lowest BCUT2D eigenvalue weighted by Gasteiger charge is -2.11. The molecule has 1 fully saturated rings. The van der Waals surface area contributed by atoms with Gasteiger partial charge in [0.05, 0.1) is 0 Å². The van der Waals surface area contributed by atoms with Crippen molar-refractivity contribution >= 4 is 28.3 Å². The highest BCUT2D eigenvalue weighted by Crippen LogP contribution is 2.28. The van der Waals surface area contributed by atoms with Crippen molar-refractivity contribution in [1.82, 2.24) is 5.32 Å². The van der Waals surface area contributed by atoms with Gasteiger partial charge in [-0.25, -0.2) is 0 Å². The minimum atomic E-state index is 0. The van der Waals surface area contributed by atoms with E-state index in [2.05, 4.69) is 45.5 Å². The molecule has 1 nitrogen and oxygen atoms in total. The van der Waals surface area contributed by atoms with Crippen molar-refractivity contribution in [2.24, 2.45) is 0 Å². The molecule has 0 spiro atoms. The van der Waals surface area contributed by atoms with E-state index in [1.807, 2.05) is 0 Å². The number of nitrogens with one attached hydrogen (secondary N) is 1. The summed E-state index contributed by atoms with van der Waals surface area (Å²) >= 11 is 3.57. The molecule has 0 aromatic heterocycles. The van der Waals surface area contributed by atoms with Crippen molar-refractivity contribution < 1.29 is 0 Å². The van der Waals surface area contributed by atoms with E-state index >= 15 is 0 Å². The zero-order valence-corrected chi connectivity index (χ0v) is 9.70. The van der Waals surface area contributed by atoms with Gasteiger partial charge in [0.25, 0.3) is 0 Å². The molecule has 1 aliphatic heterocycles. The van der Waals surface area contributed by atoms with Crippen LogP contribution >= 0.6 is 28.3 Å². The largest absolute Gasteiger partial charge is 0.310 e. The second-order valence-electron chi connectivity index (χ2n) is 3.17. The second kappa shape index (κ2) is 4.99. The molecule has 3 heteroatoms. The van der Waals surface area contributed by atoms with Crippen molar-refractivity contribution in [3.05, 3.63) is 34.3 Å². The summed E-state index contributed by atoms with van der Waals surface area (Å²) in [4.78, 5) is 0. The third-order valence-electron chi connectivity index (χ3n) is 2.34. The molecular weight excluding hydrogens is 249 g/mol. The predicted octanol–water partition coefficient (Wildman–Crippen LogP) is 3.30. The molecule has 0 unspecified atom stereocenters. The van der Waals surface area contributed by atoms with Gasteiger partial charge in [-0.05, 0) is 31.0 Å². The lowest BCUT2D eigenvalue weighted by Crippen LogP contribution is -2.13. The van der Waals surface area contributed by atoms with Gasteiger partial charge in [-0.1, -0.05) is 34.1 Å². The van der Waals surface area contributed by atoms with Crippen LogP contribution in [-0.4, -0.2) is 6.54 Å². The molecule has 1 aromatic rings. The van der Waals surface area contributed by atoms with E-state index in [4.69, 9.17) is 0 Å². The summed E-state index contributed by atoms with van der Waals surface area (Å²) < 4.78 is 1.23. The first-order chi connectivity index (χ1) is 5.88. The second-order valence-corrected chi connectivity index (χ2v) is 4.02. The number of benzene rings is 1. The molecule has 0 bridgehead atoms. The average molecular weight is 263 g/mol. The number of hydrogen-bond acceptors (Lipinski definition) is 1. The molecule has 1 atom stereocenters. The molecule has 1 heterocycles. The van der Waals surface area contributed by atoms with Crippen molar-refractivity contribution in [2.45, 2.75) is 18.9 Å². The number of hydrogen-bond donors (Lipinski definition) is 1. The summed E-state index contributed by atoms with van der Waals surface area (Å²) in [6.07, 6.45) is 2.56. The maximum atomic E-state index is 3.57. The number of rotatable bonds is 1. The smallest absolute Gasteiger partial charge is 0.0331 e. The fourth-order valence-electron chi connectivity index (χ4n) is 1.71. The van der Waals surface area contributed by atoms with E-state index in [9.17, 15) is 0 Å². The van der Waals surface area contributed by atoms with Gasteiger partial charge in [0, 0.05) is 10.5 Å². The van der Waals surface area contributed by atoms with E-state index in [0.29, 0.717) is 6.04 Å². The summed E-state index contributed by atoms with van der Waals surface area (Å²) in [5.41, 5.74) is 1.40. The van der Waals surface area contributed by atoms with Gasteiger partial charge in [0.1, 0.15) is 0 Å². The molecule has 1 N–H and O–H groups in total. The fraction of sp³-hybridized carbons (Fsp3) is 0.400. The lowest BCUT2D eigenvalue weighted by molar-refractivity contribution is 0.645. The Morgan fingerprint density at radius 3 is 2.69 bits per heavy atom. The van der Waals surface area contributed by atoms with Crippen LogP contribution < -0.4 is 5.32 Å². The Morgan fingerprint density at radius 1 is 1.31 bits per heavy atom. The molecule has 0 saturated carbocycles. The summed E-state index contributed by atoms with van der Waals surface area (Å²) in [6, 6.07) is 9.02. The zero-order valence-electron chi connectivity index (χ0n) is 7.29. The van der Waals surface area contributed by atoms with Crippen molar-refractivity contribution in [2.75, 3.05) is 6.54 Å². The topological polar surface area (TPSA) is 12.0 Å². The Morgan fingerprint density at radius 2 is 2.08 bits per heavy atom. The van der Waals surface area contributed by atoms with Gasteiger partial charge in [-0.2, -0.15) is 0 Å². The van der Waals surface area contributed by atoms with Crippen LogP contribution in [0.25, 0.3) is 0 Å². The Balaban J connectivity index is 0.000000845. The Hall–Kier alpha value is -0.0500. The summed E-state index contributed by atoms with van der Waals surface area (Å²) in [6.45, 7) is 1.16. The molecule has 0 amide bonds. The Bertz CT molecular complexity index is 271. The average Bonchev–Trinajstić information content (AvgIpc) is 2.57. The SMILES string of the molecule is Brc1ccccc1[C@H]1CCCN1.Cl. The third kappa shape index (κ3) is 2.46. The van der Waals surface area contributed by atoms with Gasteiger partial charge >= 0.3 is 0 Å². The minimum absolute atomic E-state index is 0. The van der Waals surface area contributed by atoms with Crippen LogP contribution in [0.15, 0.2) is 28.7 Å². The molecular formula is C10H13BrClN. The first-order valence-electron chi connectivity index (χ1n) is 4.36. The summed E-state index contributed by atoms with van der Waals surface area (Å²) in [5.74, 6) is 0. The lowest BCUT2D eigenvalue weighted by atomic mass is 10.1. The van der Waals surface area contributed by atoms with Gasteiger partial charge in [-0.3, -0.25) is 0 Å². The van der Waals surface area contributed by atoms with Crippen LogP contribution in [0.4, 0.5) is 0 Å². The predicted molar refractivity (Wildman–Crippen MR) is 61.4 cm³/mol. The van der Waals surface area contributed by atoms with Crippen LogP contribution in [-0.2, 0) is 0 Å². The molecule has 1 aromatic carbocycles. The highest BCUT2D eigenvalue weighted by atomic mass is 79.9. The maximum Gasteiger partial charge on any atom is 0.0331 e.